The summed E-state index contributed by atoms with van der Waals surface area (Å²) in [5, 5.41) is 0. The van der Waals surface area contributed by atoms with Crippen molar-refractivity contribution in [3.63, 3.8) is 0 Å². The lowest BCUT2D eigenvalue weighted by Crippen LogP contribution is -2.33. The molecule has 0 N–H and O–H groups in total. The molecule has 1 aliphatic rings. The number of carbonyl (C=O) groups is 1. The summed E-state index contributed by atoms with van der Waals surface area (Å²) in [7, 11) is 0. The summed E-state index contributed by atoms with van der Waals surface area (Å²) in [4.78, 5) is 10.7. The van der Waals surface area contributed by atoms with Crippen molar-refractivity contribution >= 4 is 29.3 Å². The van der Waals surface area contributed by atoms with Crippen LogP contribution in [0.15, 0.2) is 0 Å². The number of rotatable bonds is 2. The first-order valence-corrected chi connectivity index (χ1v) is 5.40. The van der Waals surface area contributed by atoms with Crippen LogP contribution in [-0.2, 0) is 14.3 Å². The summed E-state index contributed by atoms with van der Waals surface area (Å²) in [6, 6.07) is 0. The average molecular weight is 211 g/mol. The SMILES string of the molecule is C[C@@H]1CSC[C@@H](OC(=O)CCl)O1. The molecule has 1 rings (SSSR count). The van der Waals surface area contributed by atoms with Crippen LogP contribution in [0.3, 0.4) is 0 Å². The Morgan fingerprint density at radius 1 is 1.75 bits per heavy atom. The lowest BCUT2D eigenvalue weighted by Gasteiger charge is -2.26. The van der Waals surface area contributed by atoms with Crippen LogP contribution < -0.4 is 0 Å². The summed E-state index contributed by atoms with van der Waals surface area (Å²) in [5.74, 6) is 1.12. The molecule has 0 bridgehead atoms. The number of esters is 1. The molecule has 0 spiro atoms. The van der Waals surface area contributed by atoms with Gasteiger partial charge < -0.3 is 9.47 Å². The largest absolute Gasteiger partial charge is 0.434 e. The van der Waals surface area contributed by atoms with Gasteiger partial charge in [-0.05, 0) is 6.92 Å². The van der Waals surface area contributed by atoms with Gasteiger partial charge in [-0.2, -0.15) is 11.8 Å². The Morgan fingerprint density at radius 2 is 2.50 bits per heavy atom. The first-order valence-electron chi connectivity index (χ1n) is 3.71. The number of carbonyl (C=O) groups excluding carboxylic acids is 1. The smallest absolute Gasteiger partial charge is 0.323 e. The van der Waals surface area contributed by atoms with Crippen LogP contribution in [0.2, 0.25) is 0 Å². The van der Waals surface area contributed by atoms with E-state index in [-0.39, 0.29) is 12.0 Å². The van der Waals surface area contributed by atoms with Gasteiger partial charge in [-0.3, -0.25) is 4.79 Å². The number of alkyl halides is 1. The summed E-state index contributed by atoms with van der Waals surface area (Å²) >= 11 is 6.99. The third-order valence-electron chi connectivity index (χ3n) is 1.36. The molecule has 1 heterocycles. The Morgan fingerprint density at radius 3 is 3.08 bits per heavy atom. The van der Waals surface area contributed by atoms with Gasteiger partial charge >= 0.3 is 5.97 Å². The second kappa shape index (κ2) is 4.94. The normalized spacial score (nSPS) is 29.8. The van der Waals surface area contributed by atoms with Gasteiger partial charge in [0.25, 0.3) is 0 Å². The Bertz CT molecular complexity index is 165. The third-order valence-corrected chi connectivity index (χ3v) is 2.79. The molecule has 0 aromatic carbocycles. The number of thioether (sulfide) groups is 1. The van der Waals surface area contributed by atoms with E-state index in [9.17, 15) is 4.79 Å². The Hall–Kier alpha value is 0.0700. The minimum Gasteiger partial charge on any atom is -0.434 e. The number of halogens is 1. The summed E-state index contributed by atoms with van der Waals surface area (Å²) in [6.45, 7) is 1.95. The molecule has 0 saturated carbocycles. The molecule has 1 aliphatic heterocycles. The molecule has 3 nitrogen and oxygen atoms in total. The van der Waals surface area contributed by atoms with E-state index >= 15 is 0 Å². The minimum atomic E-state index is -0.420. The summed E-state index contributed by atoms with van der Waals surface area (Å²) in [5.41, 5.74) is 0. The van der Waals surface area contributed by atoms with Gasteiger partial charge in [0.15, 0.2) is 0 Å². The fourth-order valence-corrected chi connectivity index (χ4v) is 1.86. The minimum absolute atomic E-state index is 0.112. The summed E-state index contributed by atoms with van der Waals surface area (Å²) in [6.07, 6.45) is -0.262. The molecule has 5 heteroatoms. The molecular formula is C7H11ClO3S. The van der Waals surface area contributed by atoms with Crippen LogP contribution in [0.25, 0.3) is 0 Å². The highest BCUT2D eigenvalue weighted by atomic mass is 35.5. The van der Waals surface area contributed by atoms with Crippen LogP contribution in [-0.4, -0.2) is 35.7 Å². The fraction of sp³-hybridized carbons (Fsp3) is 0.857. The lowest BCUT2D eigenvalue weighted by atomic mass is 10.4. The van der Waals surface area contributed by atoms with E-state index < -0.39 is 12.3 Å². The highest BCUT2D eigenvalue weighted by molar-refractivity contribution is 7.99. The molecule has 12 heavy (non-hydrogen) atoms. The van der Waals surface area contributed by atoms with Gasteiger partial charge in [-0.1, -0.05) is 0 Å². The van der Waals surface area contributed by atoms with E-state index in [1.54, 1.807) is 11.8 Å². The Labute approximate surface area is 80.7 Å². The second-order valence-corrected chi connectivity index (χ2v) is 3.88. The zero-order valence-corrected chi connectivity index (χ0v) is 8.36. The van der Waals surface area contributed by atoms with E-state index in [1.807, 2.05) is 6.92 Å². The van der Waals surface area contributed by atoms with Crippen molar-refractivity contribution in [3.8, 4) is 0 Å². The highest BCUT2D eigenvalue weighted by Crippen LogP contribution is 2.18. The number of ether oxygens (including phenoxy) is 2. The second-order valence-electron chi connectivity index (χ2n) is 2.54. The molecule has 70 valence electrons. The fourth-order valence-electron chi connectivity index (χ4n) is 0.908. The molecule has 0 radical (unpaired) electrons. The zero-order chi connectivity index (χ0) is 8.97. The van der Waals surface area contributed by atoms with E-state index in [4.69, 9.17) is 21.1 Å². The van der Waals surface area contributed by atoms with E-state index in [0.717, 1.165) is 5.75 Å². The molecule has 1 fully saturated rings. The van der Waals surface area contributed by atoms with Crippen molar-refractivity contribution in [1.82, 2.24) is 0 Å². The van der Waals surface area contributed by atoms with E-state index in [1.165, 1.54) is 0 Å². The van der Waals surface area contributed by atoms with Crippen LogP contribution in [0.1, 0.15) is 6.92 Å². The molecule has 1 saturated heterocycles. The zero-order valence-electron chi connectivity index (χ0n) is 6.79. The van der Waals surface area contributed by atoms with Gasteiger partial charge in [0.05, 0.1) is 11.9 Å². The predicted octanol–water partition coefficient (Wildman–Crippen LogP) is 1.25. The van der Waals surface area contributed by atoms with E-state index in [2.05, 4.69) is 0 Å². The third kappa shape index (κ3) is 3.21. The molecular weight excluding hydrogens is 200 g/mol. The first kappa shape index (κ1) is 10.2. The Kier molecular flexibility index (Phi) is 4.18. The van der Waals surface area contributed by atoms with Gasteiger partial charge in [-0.15, -0.1) is 11.6 Å². The standard InChI is InChI=1S/C7H11ClO3S/c1-5-3-12-4-7(10-5)11-6(9)2-8/h5,7H,2-4H2,1H3/t5-,7-/m1/s1. The monoisotopic (exact) mass is 210 g/mol. The van der Waals surface area contributed by atoms with Crippen LogP contribution >= 0.6 is 23.4 Å². The maximum absolute atomic E-state index is 10.7. The van der Waals surface area contributed by atoms with Gasteiger partial charge in [0.2, 0.25) is 6.29 Å². The van der Waals surface area contributed by atoms with Gasteiger partial charge in [-0.25, -0.2) is 0 Å². The maximum atomic E-state index is 10.7. The number of hydrogen-bond donors (Lipinski definition) is 0. The quantitative estimate of drug-likeness (QED) is 0.508. The average Bonchev–Trinajstić information content (AvgIpc) is 2.04. The van der Waals surface area contributed by atoms with Gasteiger partial charge in [0, 0.05) is 5.75 Å². The molecule has 0 aromatic rings. The lowest BCUT2D eigenvalue weighted by molar-refractivity contribution is -0.178. The van der Waals surface area contributed by atoms with Crippen LogP contribution in [0, 0.1) is 0 Å². The molecule has 2 atom stereocenters. The summed E-state index contributed by atoms with van der Waals surface area (Å²) < 4.78 is 10.2. The van der Waals surface area contributed by atoms with Crippen molar-refractivity contribution in [2.45, 2.75) is 19.3 Å². The van der Waals surface area contributed by atoms with Crippen molar-refractivity contribution in [2.24, 2.45) is 0 Å². The predicted molar refractivity (Wildman–Crippen MR) is 48.5 cm³/mol. The van der Waals surface area contributed by atoms with Crippen LogP contribution in [0.5, 0.6) is 0 Å². The first-order chi connectivity index (χ1) is 5.72. The van der Waals surface area contributed by atoms with Gasteiger partial charge in [0.1, 0.15) is 5.88 Å². The van der Waals surface area contributed by atoms with E-state index in [0.29, 0.717) is 5.75 Å². The molecule has 0 unspecified atom stereocenters. The molecule has 0 amide bonds. The highest BCUT2D eigenvalue weighted by Gasteiger charge is 2.22. The maximum Gasteiger partial charge on any atom is 0.323 e. The molecule has 0 aromatic heterocycles. The van der Waals surface area contributed by atoms with Crippen molar-refractivity contribution in [2.75, 3.05) is 17.4 Å². The van der Waals surface area contributed by atoms with Crippen molar-refractivity contribution in [1.29, 1.82) is 0 Å². The van der Waals surface area contributed by atoms with Crippen molar-refractivity contribution < 1.29 is 14.3 Å². The topological polar surface area (TPSA) is 35.5 Å². The number of hydrogen-bond acceptors (Lipinski definition) is 4. The molecule has 0 aliphatic carbocycles. The van der Waals surface area contributed by atoms with Crippen LogP contribution in [0.4, 0.5) is 0 Å². The Balaban J connectivity index is 2.27. The van der Waals surface area contributed by atoms with Crippen molar-refractivity contribution in [3.05, 3.63) is 0 Å².